The van der Waals surface area contributed by atoms with Crippen LogP contribution < -0.4 is 38.5 Å². The molecule has 0 aliphatic carbocycles. The number of guanidine groups is 1. The van der Waals surface area contributed by atoms with Crippen LogP contribution in [0, 0.1) is 5.92 Å². The van der Waals surface area contributed by atoms with Gasteiger partial charge >= 0.3 is 11.9 Å². The Morgan fingerprint density at radius 1 is 0.844 bits per heavy atom. The first-order valence-electron chi connectivity index (χ1n) is 21.2. The summed E-state index contributed by atoms with van der Waals surface area (Å²) in [5, 5.41) is 39.6. The second-order valence-corrected chi connectivity index (χ2v) is 16.1. The monoisotopic (exact) mass is 896 g/mol. The van der Waals surface area contributed by atoms with Crippen molar-refractivity contribution < 1.29 is 53.7 Å². The van der Waals surface area contributed by atoms with E-state index >= 15 is 0 Å². The van der Waals surface area contributed by atoms with Gasteiger partial charge in [0.25, 0.3) is 0 Å². The number of aliphatic carboxylic acids is 2. The SMILES string of the molecule is CC[C@H](C)[C@H](NC(=O)[C@H](Cc1ccc(O)cc1)NC(=O)[C@@H]1CCCN1C(=O)[C@H](CCCN=C(N)N)NC(=O)[C@@H](N)CC(=O)O)C(=O)N[C@@H](Cc1cnc[nH]1)C(=O)N1CCC[C@H]1C(=O)O. The third-order valence-electron chi connectivity index (χ3n) is 11.3. The molecule has 3 heterocycles. The van der Waals surface area contributed by atoms with Crippen molar-refractivity contribution >= 4 is 53.3 Å². The van der Waals surface area contributed by atoms with Crippen LogP contribution in [0.3, 0.4) is 0 Å². The standard InChI is InChI=1S/C41H60N12O11/c1-3-22(2)33(37(60)50-29(18-24-20-45-21-47-24)39(62)53-16-6-9-31(53)40(63)64)51-35(58)28(17-23-10-12-25(54)13-11-23)49-36(59)30-8-5-15-52(30)38(61)27(7-4-14-46-41(43)44)48-34(57)26(42)19-32(55)56/h10-13,20-22,26-31,33,54H,3-9,14-19,42H2,1-2H3,(H,45,47)(H,48,57)(H,49,59)(H,50,60)(H,51,58)(H,55,56)(H,63,64)(H4,43,44,46)/t22-,26-,27-,28-,29-,30-,31-,33-/m0/s1. The van der Waals surface area contributed by atoms with Crippen molar-refractivity contribution in [1.29, 1.82) is 0 Å². The molecule has 0 unspecified atom stereocenters. The van der Waals surface area contributed by atoms with Gasteiger partial charge in [0.2, 0.25) is 35.4 Å². The maximum Gasteiger partial charge on any atom is 0.326 e. The van der Waals surface area contributed by atoms with E-state index in [4.69, 9.17) is 22.3 Å². The number of likely N-dealkylation sites (tertiary alicyclic amines) is 2. The van der Waals surface area contributed by atoms with Crippen molar-refractivity contribution in [2.75, 3.05) is 19.6 Å². The minimum atomic E-state index is -1.47. The van der Waals surface area contributed by atoms with Crippen LogP contribution in [0.4, 0.5) is 0 Å². The Morgan fingerprint density at radius 2 is 1.47 bits per heavy atom. The summed E-state index contributed by atoms with van der Waals surface area (Å²) in [5.74, 6) is -7.64. The fourth-order valence-electron chi connectivity index (χ4n) is 7.69. The molecule has 2 saturated heterocycles. The van der Waals surface area contributed by atoms with Gasteiger partial charge in [0.15, 0.2) is 5.96 Å². The number of carbonyl (C=O) groups excluding carboxylic acids is 6. The topological polar surface area (TPSA) is 371 Å². The molecule has 1 aromatic heterocycles. The van der Waals surface area contributed by atoms with Crippen LogP contribution in [0.1, 0.15) is 76.5 Å². The number of hydrogen-bond donors (Lipinski definition) is 11. The fourth-order valence-corrected chi connectivity index (χ4v) is 7.69. The number of aromatic nitrogens is 2. The zero-order chi connectivity index (χ0) is 47.1. The van der Waals surface area contributed by atoms with Gasteiger partial charge in [0.05, 0.1) is 18.8 Å². The lowest BCUT2D eigenvalue weighted by Crippen LogP contribution is -2.61. The molecule has 14 N–H and O–H groups in total. The molecule has 0 saturated carbocycles. The Balaban J connectivity index is 1.58. The minimum absolute atomic E-state index is 0.00342. The van der Waals surface area contributed by atoms with Crippen LogP contribution in [-0.4, -0.2) is 150 Å². The normalized spacial score (nSPS) is 18.7. The van der Waals surface area contributed by atoms with Crippen molar-refractivity contribution in [3.8, 4) is 5.75 Å². The first-order chi connectivity index (χ1) is 30.4. The second-order valence-electron chi connectivity index (χ2n) is 16.1. The molecule has 0 radical (unpaired) electrons. The first kappa shape index (κ1) is 49.9. The van der Waals surface area contributed by atoms with E-state index < -0.39 is 102 Å². The molecule has 2 aliphatic heterocycles. The van der Waals surface area contributed by atoms with E-state index in [1.165, 1.54) is 34.5 Å². The lowest BCUT2D eigenvalue weighted by Gasteiger charge is -2.32. The molecule has 64 heavy (non-hydrogen) atoms. The molecule has 2 fully saturated rings. The summed E-state index contributed by atoms with van der Waals surface area (Å²) < 4.78 is 0. The molecule has 1 aromatic carbocycles. The molecule has 350 valence electrons. The van der Waals surface area contributed by atoms with Crippen molar-refractivity contribution in [2.45, 2.75) is 120 Å². The van der Waals surface area contributed by atoms with Gasteiger partial charge in [0, 0.05) is 44.4 Å². The van der Waals surface area contributed by atoms with E-state index in [1.54, 1.807) is 26.0 Å². The second kappa shape index (κ2) is 23.6. The summed E-state index contributed by atoms with van der Waals surface area (Å²) in [6.07, 6.45) is 3.87. The number of nitrogens with one attached hydrogen (secondary N) is 5. The number of benzene rings is 1. The van der Waals surface area contributed by atoms with E-state index in [1.807, 2.05) is 0 Å². The van der Waals surface area contributed by atoms with Crippen molar-refractivity contribution in [3.05, 3.63) is 48.0 Å². The lowest BCUT2D eigenvalue weighted by molar-refractivity contribution is -0.149. The van der Waals surface area contributed by atoms with Crippen LogP contribution >= 0.6 is 0 Å². The average Bonchev–Trinajstić information content (AvgIpc) is 4.06. The lowest BCUT2D eigenvalue weighted by atomic mass is 9.96. The van der Waals surface area contributed by atoms with Crippen LogP contribution in [0.15, 0.2) is 41.8 Å². The number of amides is 6. The number of carbonyl (C=O) groups is 8. The molecule has 6 amide bonds. The first-order valence-corrected chi connectivity index (χ1v) is 21.2. The van der Waals surface area contributed by atoms with Gasteiger partial charge in [-0.3, -0.25) is 38.6 Å². The maximum atomic E-state index is 14.4. The largest absolute Gasteiger partial charge is 0.508 e. The molecule has 23 nitrogen and oxygen atoms in total. The highest BCUT2D eigenvalue weighted by atomic mass is 16.4. The number of phenols is 1. The van der Waals surface area contributed by atoms with Crippen molar-refractivity contribution in [2.24, 2.45) is 28.1 Å². The number of rotatable bonds is 23. The van der Waals surface area contributed by atoms with Gasteiger partial charge in [-0.1, -0.05) is 32.4 Å². The molecule has 0 spiro atoms. The molecule has 8 atom stereocenters. The predicted octanol–water partition coefficient (Wildman–Crippen LogP) is -2.19. The maximum absolute atomic E-state index is 14.4. The number of nitrogens with two attached hydrogens (primary N) is 3. The van der Waals surface area contributed by atoms with Crippen LogP contribution in [0.5, 0.6) is 5.75 Å². The number of aromatic amines is 1. The van der Waals surface area contributed by atoms with Crippen molar-refractivity contribution in [1.82, 2.24) is 41.0 Å². The van der Waals surface area contributed by atoms with Crippen LogP contribution in [0.25, 0.3) is 0 Å². The number of hydrogen-bond acceptors (Lipinski definition) is 12. The third kappa shape index (κ3) is 14.1. The zero-order valence-electron chi connectivity index (χ0n) is 35.9. The van der Waals surface area contributed by atoms with E-state index in [0.29, 0.717) is 30.5 Å². The highest BCUT2D eigenvalue weighted by Gasteiger charge is 2.41. The van der Waals surface area contributed by atoms with Gasteiger partial charge in [-0.25, -0.2) is 9.78 Å². The fraction of sp³-hybridized carbons (Fsp3) is 0.561. The Bertz CT molecular complexity index is 1990. The van der Waals surface area contributed by atoms with Gasteiger partial charge in [0.1, 0.15) is 42.0 Å². The molecule has 0 bridgehead atoms. The predicted molar refractivity (Wildman–Crippen MR) is 229 cm³/mol. The highest BCUT2D eigenvalue weighted by Crippen LogP contribution is 2.22. The molecular formula is C41H60N12O11. The van der Waals surface area contributed by atoms with E-state index in [-0.39, 0.29) is 69.9 Å². The quantitative estimate of drug-likeness (QED) is 0.0321. The molecular weight excluding hydrogens is 837 g/mol. The minimum Gasteiger partial charge on any atom is -0.508 e. The van der Waals surface area contributed by atoms with E-state index in [2.05, 4.69) is 36.2 Å². The zero-order valence-corrected chi connectivity index (χ0v) is 35.9. The number of aliphatic imine (C=N–C) groups is 1. The van der Waals surface area contributed by atoms with Gasteiger partial charge in [-0.2, -0.15) is 0 Å². The Morgan fingerprint density at radius 3 is 2.06 bits per heavy atom. The number of carboxylic acids is 2. The number of nitrogens with zero attached hydrogens (tertiary/aromatic N) is 4. The van der Waals surface area contributed by atoms with E-state index in [9.17, 15) is 48.6 Å². The molecule has 2 aliphatic rings. The smallest absolute Gasteiger partial charge is 0.326 e. The number of H-pyrrole nitrogens is 1. The van der Waals surface area contributed by atoms with Gasteiger partial charge < -0.3 is 68.6 Å². The van der Waals surface area contributed by atoms with Crippen molar-refractivity contribution in [3.63, 3.8) is 0 Å². The molecule has 2 aromatic rings. The number of imidazole rings is 1. The number of phenolic OH excluding ortho intramolecular Hbond substituents is 1. The van der Waals surface area contributed by atoms with Gasteiger partial charge in [-0.05, 0) is 62.1 Å². The highest BCUT2D eigenvalue weighted by molar-refractivity contribution is 5.98. The summed E-state index contributed by atoms with van der Waals surface area (Å²) >= 11 is 0. The Hall–Kier alpha value is -6.78. The van der Waals surface area contributed by atoms with Crippen LogP contribution in [-0.2, 0) is 51.2 Å². The van der Waals surface area contributed by atoms with Crippen LogP contribution in [0.2, 0.25) is 0 Å². The molecule has 4 rings (SSSR count). The average molecular weight is 897 g/mol. The Labute approximate surface area is 369 Å². The third-order valence-corrected chi connectivity index (χ3v) is 11.3. The molecule has 23 heteroatoms. The Kier molecular flexibility index (Phi) is 18.4. The summed E-state index contributed by atoms with van der Waals surface area (Å²) in [7, 11) is 0. The number of aromatic hydroxyl groups is 1. The summed E-state index contributed by atoms with van der Waals surface area (Å²) in [5.41, 5.74) is 17.6. The van der Waals surface area contributed by atoms with Gasteiger partial charge in [-0.15, -0.1) is 0 Å². The summed E-state index contributed by atoms with van der Waals surface area (Å²) in [6, 6.07) is -2.84. The van der Waals surface area contributed by atoms with E-state index in [0.717, 1.165) is 0 Å². The summed E-state index contributed by atoms with van der Waals surface area (Å²) in [6.45, 7) is 3.89. The summed E-state index contributed by atoms with van der Waals surface area (Å²) in [4.78, 5) is 120. The number of carboxylic acid groups (broad SMARTS) is 2.